The molecule has 2 aromatic carbocycles. The summed E-state index contributed by atoms with van der Waals surface area (Å²) < 4.78 is 88.7. The maximum Gasteiger partial charge on any atom is 0.337 e. The van der Waals surface area contributed by atoms with Crippen LogP contribution in [0.3, 0.4) is 0 Å². The van der Waals surface area contributed by atoms with Gasteiger partial charge in [-0.1, -0.05) is 35.5 Å². The Kier molecular flexibility index (Phi) is 10.0. The molecule has 0 bridgehead atoms. The molecule has 43 heavy (non-hydrogen) atoms. The number of methoxy groups -OCH3 is 3. The van der Waals surface area contributed by atoms with Gasteiger partial charge in [0.2, 0.25) is 0 Å². The van der Waals surface area contributed by atoms with Crippen molar-refractivity contribution in [2.75, 3.05) is 41.5 Å². The molecule has 0 spiro atoms. The third kappa shape index (κ3) is 6.57. The third-order valence-corrected chi connectivity index (χ3v) is 7.03. The summed E-state index contributed by atoms with van der Waals surface area (Å²) in [5.41, 5.74) is 0.724. The van der Waals surface area contributed by atoms with E-state index in [4.69, 9.17) is 37.9 Å². The SMILES string of the molecule is COCOC(C(=O)OC)[C@@H]1OC2COC(c3ccccc3)O[C@@H]2[C@H](n2cc(-c3cc(F)c(F)c(F)c3)nn2)C1OCOC. The zero-order chi connectivity index (χ0) is 30.5. The maximum atomic E-state index is 14.0. The van der Waals surface area contributed by atoms with Crippen LogP contribution in [0.5, 0.6) is 0 Å². The van der Waals surface area contributed by atoms with Crippen molar-refractivity contribution in [1.29, 1.82) is 0 Å². The molecule has 3 heterocycles. The highest BCUT2D eigenvalue weighted by atomic mass is 19.2. The molecule has 2 saturated heterocycles. The number of fused-ring (bicyclic) bond motifs is 1. The monoisotopic (exact) mass is 609 g/mol. The first-order valence-electron chi connectivity index (χ1n) is 13.2. The van der Waals surface area contributed by atoms with Crippen LogP contribution in [0.2, 0.25) is 0 Å². The summed E-state index contributed by atoms with van der Waals surface area (Å²) in [7, 11) is 4.00. The molecule has 2 fully saturated rings. The van der Waals surface area contributed by atoms with E-state index in [1.807, 2.05) is 30.3 Å². The van der Waals surface area contributed by atoms with E-state index in [9.17, 15) is 18.0 Å². The van der Waals surface area contributed by atoms with Crippen molar-refractivity contribution in [2.24, 2.45) is 0 Å². The second-order valence-corrected chi connectivity index (χ2v) is 9.70. The van der Waals surface area contributed by atoms with Gasteiger partial charge in [-0.25, -0.2) is 22.6 Å². The molecule has 0 N–H and O–H groups in total. The number of carbonyl (C=O) groups is 1. The lowest BCUT2D eigenvalue weighted by Crippen LogP contribution is -2.64. The minimum absolute atomic E-state index is 0.0368. The van der Waals surface area contributed by atoms with Gasteiger partial charge < -0.3 is 37.9 Å². The topological polar surface area (TPSA) is 122 Å². The number of hydrogen-bond donors (Lipinski definition) is 0. The van der Waals surface area contributed by atoms with Crippen molar-refractivity contribution in [3.63, 3.8) is 0 Å². The highest BCUT2D eigenvalue weighted by Crippen LogP contribution is 2.42. The van der Waals surface area contributed by atoms with Crippen LogP contribution in [-0.2, 0) is 42.7 Å². The lowest BCUT2D eigenvalue weighted by molar-refractivity contribution is -0.334. The molecule has 3 aromatic rings. The van der Waals surface area contributed by atoms with Gasteiger partial charge in [0, 0.05) is 25.3 Å². The van der Waals surface area contributed by atoms with Crippen molar-refractivity contribution < 1.29 is 55.9 Å². The highest BCUT2D eigenvalue weighted by Gasteiger charge is 2.55. The van der Waals surface area contributed by atoms with Crippen molar-refractivity contribution in [1.82, 2.24) is 15.0 Å². The minimum atomic E-state index is -1.60. The number of benzene rings is 2. The number of esters is 1. The second kappa shape index (κ2) is 13.9. The average Bonchev–Trinajstić information content (AvgIpc) is 3.52. The lowest BCUT2D eigenvalue weighted by atomic mass is 9.89. The van der Waals surface area contributed by atoms with Crippen LogP contribution < -0.4 is 0 Å². The van der Waals surface area contributed by atoms with E-state index in [0.29, 0.717) is 0 Å². The van der Waals surface area contributed by atoms with Gasteiger partial charge >= 0.3 is 5.97 Å². The molecule has 2 aliphatic heterocycles. The standard InChI is InChI=1S/C28H30F3N3O9/c1-36-13-40-24-22(34-11-19(32-33-34)16-9-17(29)21(31)18(30)10-16)23-20(12-39-28(43-23)15-7-5-4-6-8-15)42-25(24)26(27(35)38-3)41-14-37-2/h4-11,20,22-26,28H,12-14H2,1-3H3/t20?,22-,23-,24?,25+,26?,28?/m0/s1. The zero-order valence-corrected chi connectivity index (χ0v) is 23.4. The normalized spacial score (nSPS) is 26.1. The van der Waals surface area contributed by atoms with Crippen LogP contribution in [-0.4, -0.2) is 93.0 Å². The van der Waals surface area contributed by atoms with E-state index < -0.39 is 66.3 Å². The molecule has 232 valence electrons. The van der Waals surface area contributed by atoms with Crippen LogP contribution in [0.4, 0.5) is 13.2 Å². The first-order chi connectivity index (χ1) is 20.9. The van der Waals surface area contributed by atoms with Crippen LogP contribution in [0.25, 0.3) is 11.3 Å². The van der Waals surface area contributed by atoms with Gasteiger partial charge in [0.25, 0.3) is 0 Å². The number of halogens is 3. The fourth-order valence-corrected chi connectivity index (χ4v) is 5.11. The Bertz CT molecular complexity index is 1360. The molecule has 2 aliphatic rings. The van der Waals surface area contributed by atoms with Crippen LogP contribution in [0.15, 0.2) is 48.7 Å². The van der Waals surface area contributed by atoms with Gasteiger partial charge in [-0.2, -0.15) is 0 Å². The highest BCUT2D eigenvalue weighted by molar-refractivity contribution is 5.75. The Labute approximate surface area is 244 Å². The molecular formula is C28H30F3N3O9. The van der Waals surface area contributed by atoms with Gasteiger partial charge in [0.1, 0.15) is 49.7 Å². The molecule has 15 heteroatoms. The van der Waals surface area contributed by atoms with Crippen LogP contribution in [0, 0.1) is 17.5 Å². The van der Waals surface area contributed by atoms with Gasteiger partial charge in [0.05, 0.1) is 19.9 Å². The number of hydrogen-bond acceptors (Lipinski definition) is 11. The Morgan fingerprint density at radius 1 is 1.05 bits per heavy atom. The van der Waals surface area contributed by atoms with E-state index in [1.54, 1.807) is 0 Å². The summed E-state index contributed by atoms with van der Waals surface area (Å²) >= 11 is 0. The minimum Gasteiger partial charge on any atom is -0.467 e. The summed E-state index contributed by atoms with van der Waals surface area (Å²) in [5.74, 6) is -5.13. The Morgan fingerprint density at radius 2 is 1.77 bits per heavy atom. The number of ether oxygens (including phenoxy) is 8. The molecule has 1 aromatic heterocycles. The van der Waals surface area contributed by atoms with Crippen LogP contribution in [0.1, 0.15) is 17.9 Å². The predicted molar refractivity (Wildman–Crippen MR) is 139 cm³/mol. The smallest absolute Gasteiger partial charge is 0.337 e. The third-order valence-electron chi connectivity index (χ3n) is 7.03. The average molecular weight is 610 g/mol. The van der Waals surface area contributed by atoms with E-state index >= 15 is 0 Å². The molecule has 0 amide bonds. The molecular weight excluding hydrogens is 579 g/mol. The first-order valence-corrected chi connectivity index (χ1v) is 13.2. The van der Waals surface area contributed by atoms with Gasteiger partial charge in [-0.05, 0) is 12.1 Å². The summed E-state index contributed by atoms with van der Waals surface area (Å²) in [6, 6.07) is 9.93. The van der Waals surface area contributed by atoms with E-state index in [2.05, 4.69) is 10.3 Å². The Hall–Kier alpha value is -3.44. The Morgan fingerprint density at radius 3 is 2.44 bits per heavy atom. The van der Waals surface area contributed by atoms with Crippen molar-refractivity contribution in [2.45, 2.75) is 42.9 Å². The largest absolute Gasteiger partial charge is 0.467 e. The van der Waals surface area contributed by atoms with Gasteiger partial charge in [-0.3, -0.25) is 0 Å². The summed E-state index contributed by atoms with van der Waals surface area (Å²) in [4.78, 5) is 12.9. The van der Waals surface area contributed by atoms with E-state index in [0.717, 1.165) is 17.7 Å². The molecule has 4 unspecified atom stereocenters. The van der Waals surface area contributed by atoms with Crippen molar-refractivity contribution in [3.8, 4) is 11.3 Å². The molecule has 5 rings (SSSR count). The number of nitrogens with zero attached hydrogens (tertiary/aromatic N) is 3. The molecule has 0 saturated carbocycles. The van der Waals surface area contributed by atoms with E-state index in [-0.39, 0.29) is 31.5 Å². The fourth-order valence-electron chi connectivity index (χ4n) is 5.11. The molecule has 0 aliphatic carbocycles. The van der Waals surface area contributed by atoms with Gasteiger partial charge in [-0.15, -0.1) is 5.10 Å². The first kappa shape index (κ1) is 31.0. The molecule has 7 atom stereocenters. The van der Waals surface area contributed by atoms with Crippen molar-refractivity contribution >= 4 is 5.97 Å². The fraction of sp³-hybridized carbons (Fsp3) is 0.464. The molecule has 12 nitrogen and oxygen atoms in total. The lowest BCUT2D eigenvalue weighted by Gasteiger charge is -2.50. The number of aromatic nitrogens is 3. The quantitative estimate of drug-likeness (QED) is 0.181. The number of carbonyl (C=O) groups excluding carboxylic acids is 1. The number of rotatable bonds is 11. The molecule has 0 radical (unpaired) electrons. The summed E-state index contributed by atoms with van der Waals surface area (Å²) in [6.45, 7) is -0.457. The van der Waals surface area contributed by atoms with Gasteiger partial charge in [0.15, 0.2) is 29.8 Å². The van der Waals surface area contributed by atoms with E-state index in [1.165, 1.54) is 32.2 Å². The van der Waals surface area contributed by atoms with Crippen molar-refractivity contribution in [3.05, 3.63) is 71.7 Å². The summed E-state index contributed by atoms with van der Waals surface area (Å²) in [5, 5.41) is 8.29. The maximum absolute atomic E-state index is 14.0. The second-order valence-electron chi connectivity index (χ2n) is 9.70. The summed E-state index contributed by atoms with van der Waals surface area (Å²) in [6.07, 6.45) is -4.48. The van der Waals surface area contributed by atoms with Crippen LogP contribution >= 0.6 is 0 Å². The predicted octanol–water partition coefficient (Wildman–Crippen LogP) is 2.94. The Balaban J connectivity index is 1.58. The zero-order valence-electron chi connectivity index (χ0n) is 23.4.